The molecular formula is C6H11S. The van der Waals surface area contributed by atoms with E-state index in [2.05, 4.69) is 13.0 Å². The summed E-state index contributed by atoms with van der Waals surface area (Å²) in [4.78, 5) is 0. The zero-order valence-electron chi connectivity index (χ0n) is 4.90. The highest BCUT2D eigenvalue weighted by Gasteiger charge is 1.80. The van der Waals surface area contributed by atoms with E-state index in [1.54, 1.807) is 0 Å². The summed E-state index contributed by atoms with van der Waals surface area (Å²) in [6.45, 7) is 4.15. The zero-order valence-corrected chi connectivity index (χ0v) is 5.72. The van der Waals surface area contributed by atoms with Crippen LogP contribution in [0.3, 0.4) is 0 Å². The number of hydrogen-bond donors (Lipinski definition) is 0. The standard InChI is InChI=1S/C6H11S/c1-3-6(2)4-5-7/h3H,4-5H2,1-2H3/b6-3+. The van der Waals surface area contributed by atoms with Crippen LogP contribution >= 0.6 is 12.6 Å². The molecule has 0 aliphatic rings. The van der Waals surface area contributed by atoms with Gasteiger partial charge in [-0.1, -0.05) is 24.3 Å². The fraction of sp³-hybridized carbons (Fsp3) is 0.667. The SMILES string of the molecule is C/C=C(\C)CC[S]. The highest BCUT2D eigenvalue weighted by Crippen LogP contribution is 1.98. The fourth-order valence-electron chi connectivity index (χ4n) is 0.305. The van der Waals surface area contributed by atoms with Gasteiger partial charge in [0.05, 0.1) is 0 Å². The maximum absolute atomic E-state index is 4.75. The molecule has 0 rings (SSSR count). The first kappa shape index (κ1) is 7.09. The van der Waals surface area contributed by atoms with Crippen LogP contribution < -0.4 is 0 Å². The second-order valence-electron chi connectivity index (χ2n) is 1.59. The molecule has 0 aliphatic carbocycles. The van der Waals surface area contributed by atoms with Crippen LogP contribution in [-0.2, 0) is 0 Å². The van der Waals surface area contributed by atoms with Gasteiger partial charge in [0.15, 0.2) is 0 Å². The van der Waals surface area contributed by atoms with E-state index in [1.165, 1.54) is 5.57 Å². The van der Waals surface area contributed by atoms with Crippen molar-refractivity contribution in [1.29, 1.82) is 0 Å². The topological polar surface area (TPSA) is 0 Å². The molecule has 0 aromatic rings. The quantitative estimate of drug-likeness (QED) is 0.485. The molecule has 0 saturated carbocycles. The highest BCUT2D eigenvalue weighted by molar-refractivity contribution is 7.80. The first-order valence-electron chi connectivity index (χ1n) is 2.51. The van der Waals surface area contributed by atoms with E-state index in [1.807, 2.05) is 6.92 Å². The van der Waals surface area contributed by atoms with Gasteiger partial charge in [-0.3, -0.25) is 0 Å². The molecule has 0 bridgehead atoms. The Morgan fingerprint density at radius 2 is 2.29 bits per heavy atom. The maximum Gasteiger partial charge on any atom is 0.00741 e. The minimum atomic E-state index is 0.857. The van der Waals surface area contributed by atoms with E-state index < -0.39 is 0 Å². The van der Waals surface area contributed by atoms with Crippen molar-refractivity contribution in [2.45, 2.75) is 20.3 Å². The molecule has 0 nitrogen and oxygen atoms in total. The molecule has 1 heteroatoms. The van der Waals surface area contributed by atoms with Gasteiger partial charge in [0.1, 0.15) is 0 Å². The predicted octanol–water partition coefficient (Wildman–Crippen LogP) is 2.54. The number of rotatable bonds is 2. The molecule has 0 fully saturated rings. The molecule has 0 unspecified atom stereocenters. The highest BCUT2D eigenvalue weighted by atomic mass is 32.1. The first-order chi connectivity index (χ1) is 3.31. The molecule has 0 amide bonds. The number of allylic oxidation sites excluding steroid dienone is 2. The van der Waals surface area contributed by atoms with Crippen LogP contribution in [0, 0.1) is 0 Å². The first-order valence-corrected chi connectivity index (χ1v) is 3.09. The average Bonchev–Trinajstić information content (AvgIpc) is 1.68. The Morgan fingerprint density at radius 1 is 1.71 bits per heavy atom. The van der Waals surface area contributed by atoms with Crippen molar-refractivity contribution in [2.24, 2.45) is 0 Å². The summed E-state index contributed by atoms with van der Waals surface area (Å²) in [7, 11) is 0. The third kappa shape index (κ3) is 3.93. The van der Waals surface area contributed by atoms with Gasteiger partial charge in [-0.25, -0.2) is 0 Å². The Labute approximate surface area is 51.0 Å². The predicted molar refractivity (Wildman–Crippen MR) is 36.5 cm³/mol. The molecule has 41 valence electrons. The maximum atomic E-state index is 4.75. The minimum absolute atomic E-state index is 0.857. The molecule has 0 N–H and O–H groups in total. The Bertz CT molecular complexity index is 64.6. The lowest BCUT2D eigenvalue weighted by Crippen LogP contribution is -1.74. The van der Waals surface area contributed by atoms with E-state index in [9.17, 15) is 0 Å². The second kappa shape index (κ2) is 4.25. The molecular weight excluding hydrogens is 104 g/mol. The molecule has 1 radical (unpaired) electrons. The van der Waals surface area contributed by atoms with Crippen LogP contribution in [0.5, 0.6) is 0 Å². The van der Waals surface area contributed by atoms with Crippen molar-refractivity contribution in [1.82, 2.24) is 0 Å². The van der Waals surface area contributed by atoms with Crippen molar-refractivity contribution < 1.29 is 0 Å². The van der Waals surface area contributed by atoms with Crippen molar-refractivity contribution in [3.8, 4) is 0 Å². The third-order valence-corrected chi connectivity index (χ3v) is 1.19. The van der Waals surface area contributed by atoms with Gasteiger partial charge in [-0.2, -0.15) is 0 Å². The summed E-state index contributed by atoms with van der Waals surface area (Å²) in [6.07, 6.45) is 3.18. The lowest BCUT2D eigenvalue weighted by atomic mass is 10.2. The van der Waals surface area contributed by atoms with Crippen LogP contribution in [0.25, 0.3) is 0 Å². The van der Waals surface area contributed by atoms with E-state index in [-0.39, 0.29) is 0 Å². The van der Waals surface area contributed by atoms with Gasteiger partial charge in [-0.05, 0) is 20.3 Å². The molecule has 0 aliphatic heterocycles. The summed E-state index contributed by atoms with van der Waals surface area (Å²) in [5, 5.41) is 0. The van der Waals surface area contributed by atoms with Crippen LogP contribution in [0.15, 0.2) is 11.6 Å². The van der Waals surface area contributed by atoms with Gasteiger partial charge >= 0.3 is 0 Å². The Kier molecular flexibility index (Phi) is 4.31. The molecule has 0 aromatic carbocycles. The Hall–Kier alpha value is 0.0900. The van der Waals surface area contributed by atoms with Crippen LogP contribution in [-0.4, -0.2) is 5.75 Å². The van der Waals surface area contributed by atoms with E-state index >= 15 is 0 Å². The van der Waals surface area contributed by atoms with Gasteiger partial charge in [0.25, 0.3) is 0 Å². The van der Waals surface area contributed by atoms with Crippen LogP contribution in [0.4, 0.5) is 0 Å². The molecule has 0 heterocycles. The normalized spacial score (nSPS) is 12.1. The third-order valence-electron chi connectivity index (χ3n) is 0.989. The van der Waals surface area contributed by atoms with Crippen molar-refractivity contribution in [2.75, 3.05) is 5.75 Å². The average molecular weight is 115 g/mol. The lowest BCUT2D eigenvalue weighted by Gasteiger charge is -1.89. The molecule has 0 aromatic heterocycles. The van der Waals surface area contributed by atoms with Crippen LogP contribution in [0.2, 0.25) is 0 Å². The lowest BCUT2D eigenvalue weighted by molar-refractivity contribution is 1.11. The summed E-state index contributed by atoms with van der Waals surface area (Å²) < 4.78 is 0. The monoisotopic (exact) mass is 115 g/mol. The zero-order chi connectivity index (χ0) is 5.70. The number of hydrogen-bond acceptors (Lipinski definition) is 0. The summed E-state index contributed by atoms with van der Waals surface area (Å²) in [5.41, 5.74) is 1.40. The van der Waals surface area contributed by atoms with Gasteiger partial charge in [-0.15, -0.1) is 0 Å². The molecule has 7 heavy (non-hydrogen) atoms. The summed E-state index contributed by atoms with van der Waals surface area (Å²) in [5.74, 6) is 0.857. The fourth-order valence-corrected chi connectivity index (χ4v) is 0.627. The Balaban J connectivity index is 3.17. The summed E-state index contributed by atoms with van der Waals surface area (Å²) in [6, 6.07) is 0. The smallest absolute Gasteiger partial charge is 0.00741 e. The van der Waals surface area contributed by atoms with Crippen molar-refractivity contribution in [3.05, 3.63) is 11.6 Å². The summed E-state index contributed by atoms with van der Waals surface area (Å²) >= 11 is 4.75. The second-order valence-corrected chi connectivity index (χ2v) is 2.00. The van der Waals surface area contributed by atoms with Crippen LogP contribution in [0.1, 0.15) is 20.3 Å². The molecule has 0 spiro atoms. The minimum Gasteiger partial charge on any atom is -0.0938 e. The van der Waals surface area contributed by atoms with E-state index in [0.717, 1.165) is 12.2 Å². The molecule has 0 atom stereocenters. The Morgan fingerprint density at radius 3 is 2.43 bits per heavy atom. The largest absolute Gasteiger partial charge is 0.0938 e. The van der Waals surface area contributed by atoms with Gasteiger partial charge < -0.3 is 0 Å². The van der Waals surface area contributed by atoms with Crippen molar-refractivity contribution >= 4 is 12.6 Å². The van der Waals surface area contributed by atoms with Gasteiger partial charge in [0.2, 0.25) is 0 Å². The van der Waals surface area contributed by atoms with Crippen molar-refractivity contribution in [3.63, 3.8) is 0 Å². The van der Waals surface area contributed by atoms with Gasteiger partial charge in [0, 0.05) is 5.75 Å². The molecule has 0 saturated heterocycles. The van der Waals surface area contributed by atoms with E-state index in [0.29, 0.717) is 0 Å². The van der Waals surface area contributed by atoms with E-state index in [4.69, 9.17) is 12.6 Å².